The predicted octanol–water partition coefficient (Wildman–Crippen LogP) is 1.85. The summed E-state index contributed by atoms with van der Waals surface area (Å²) < 4.78 is 32.9. The lowest BCUT2D eigenvalue weighted by molar-refractivity contribution is -0.385. The second-order valence-corrected chi connectivity index (χ2v) is 8.53. The fraction of sp³-hybridized carbons (Fsp3) is 0.625. The summed E-state index contributed by atoms with van der Waals surface area (Å²) in [5.74, 6) is 0.439. The molecule has 2 fully saturated rings. The number of rotatable bonds is 4. The summed E-state index contributed by atoms with van der Waals surface area (Å²) in [4.78, 5) is 12.7. The summed E-state index contributed by atoms with van der Waals surface area (Å²) in [7, 11) is -3.82. The van der Waals surface area contributed by atoms with Gasteiger partial charge in [-0.3, -0.25) is 10.1 Å². The van der Waals surface area contributed by atoms with E-state index in [1.54, 1.807) is 6.07 Å². The topological polar surface area (TPSA) is 93.0 Å². The fourth-order valence-electron chi connectivity index (χ4n) is 3.42. The van der Waals surface area contributed by atoms with Crippen molar-refractivity contribution >= 4 is 21.4 Å². The number of nitro groups is 1. The molecule has 2 atom stereocenters. The van der Waals surface area contributed by atoms with Gasteiger partial charge < -0.3 is 9.64 Å². The van der Waals surface area contributed by atoms with E-state index in [2.05, 4.69) is 13.8 Å². The molecule has 1 aromatic rings. The molecule has 1 aromatic carbocycles. The number of sulfonamides is 1. The van der Waals surface area contributed by atoms with Crippen LogP contribution in [0, 0.1) is 16.0 Å². The zero-order valence-corrected chi connectivity index (χ0v) is 15.2. The van der Waals surface area contributed by atoms with E-state index in [0.29, 0.717) is 24.8 Å². The average Bonchev–Trinajstić information content (AvgIpc) is 2.94. The normalized spacial score (nSPS) is 25.3. The van der Waals surface area contributed by atoms with Crippen LogP contribution in [0.25, 0.3) is 0 Å². The zero-order chi connectivity index (χ0) is 18.2. The highest BCUT2D eigenvalue weighted by molar-refractivity contribution is 7.89. The number of ether oxygens (including phenoxy) is 1. The molecule has 0 amide bonds. The maximum absolute atomic E-state index is 13.1. The number of nitrogens with zero attached hydrogens (tertiary/aromatic N) is 3. The molecule has 0 bridgehead atoms. The Morgan fingerprint density at radius 1 is 1.20 bits per heavy atom. The maximum Gasteiger partial charge on any atom is 0.270 e. The first-order valence-corrected chi connectivity index (χ1v) is 9.89. The molecule has 0 saturated carbocycles. The Bertz CT molecular complexity index is 761. The molecule has 0 N–H and O–H groups in total. The van der Waals surface area contributed by atoms with Gasteiger partial charge in [0.25, 0.3) is 5.69 Å². The van der Waals surface area contributed by atoms with Crippen LogP contribution < -0.4 is 4.90 Å². The molecule has 2 saturated heterocycles. The van der Waals surface area contributed by atoms with Crippen LogP contribution in [0.15, 0.2) is 23.1 Å². The van der Waals surface area contributed by atoms with Gasteiger partial charge in [0.2, 0.25) is 10.0 Å². The summed E-state index contributed by atoms with van der Waals surface area (Å²) in [5, 5.41) is 11.2. The minimum atomic E-state index is -3.82. The number of hydrogen-bond donors (Lipinski definition) is 0. The lowest BCUT2D eigenvalue weighted by atomic mass is 10.1. The highest BCUT2D eigenvalue weighted by atomic mass is 32.2. The van der Waals surface area contributed by atoms with Crippen LogP contribution in [-0.4, -0.2) is 56.5 Å². The Balaban J connectivity index is 2.08. The van der Waals surface area contributed by atoms with E-state index >= 15 is 0 Å². The fourth-order valence-corrected chi connectivity index (χ4v) is 5.05. The van der Waals surface area contributed by atoms with Crippen molar-refractivity contribution in [1.82, 2.24) is 4.31 Å². The summed E-state index contributed by atoms with van der Waals surface area (Å²) in [6.07, 6.45) is 0.967. The third-order valence-electron chi connectivity index (χ3n) is 5.19. The van der Waals surface area contributed by atoms with E-state index in [1.807, 2.05) is 4.90 Å². The van der Waals surface area contributed by atoms with Gasteiger partial charge >= 0.3 is 0 Å². The molecule has 0 aliphatic carbocycles. The van der Waals surface area contributed by atoms with Crippen LogP contribution in [0.1, 0.15) is 20.3 Å². The first-order chi connectivity index (χ1) is 11.8. The molecule has 3 rings (SSSR count). The summed E-state index contributed by atoms with van der Waals surface area (Å²) >= 11 is 0. The lowest BCUT2D eigenvalue weighted by Gasteiger charge is -2.31. The van der Waals surface area contributed by atoms with Gasteiger partial charge in [-0.05, 0) is 25.3 Å². The van der Waals surface area contributed by atoms with E-state index in [-0.39, 0.29) is 29.7 Å². The Hall–Kier alpha value is -1.71. The molecule has 0 aromatic heterocycles. The SMILES string of the molecule is CC1CCN(c2ccc([N+](=O)[O-])cc2S(=O)(=O)N2CCOCC2)C1C. The van der Waals surface area contributed by atoms with E-state index in [1.165, 1.54) is 16.4 Å². The maximum atomic E-state index is 13.1. The minimum Gasteiger partial charge on any atom is -0.379 e. The average molecular weight is 369 g/mol. The monoisotopic (exact) mass is 369 g/mol. The highest BCUT2D eigenvalue weighted by Gasteiger charge is 2.35. The molecular formula is C16H23N3O5S. The zero-order valence-electron chi connectivity index (χ0n) is 14.4. The molecule has 138 valence electrons. The van der Waals surface area contributed by atoms with Gasteiger partial charge in [0, 0.05) is 37.8 Å². The highest BCUT2D eigenvalue weighted by Crippen LogP contribution is 2.37. The Kier molecular flexibility index (Phi) is 4.99. The molecule has 2 aliphatic rings. The van der Waals surface area contributed by atoms with Crippen LogP contribution in [0.3, 0.4) is 0 Å². The van der Waals surface area contributed by atoms with E-state index in [9.17, 15) is 18.5 Å². The first kappa shape index (κ1) is 18.1. The Morgan fingerprint density at radius 2 is 1.88 bits per heavy atom. The van der Waals surface area contributed by atoms with E-state index in [4.69, 9.17) is 4.74 Å². The van der Waals surface area contributed by atoms with E-state index in [0.717, 1.165) is 13.0 Å². The van der Waals surface area contributed by atoms with Gasteiger partial charge in [-0.2, -0.15) is 4.31 Å². The third-order valence-corrected chi connectivity index (χ3v) is 7.12. The molecule has 2 unspecified atom stereocenters. The van der Waals surface area contributed by atoms with Crippen molar-refractivity contribution in [3.8, 4) is 0 Å². The van der Waals surface area contributed by atoms with Gasteiger partial charge in [-0.15, -0.1) is 0 Å². The number of morpholine rings is 1. The third kappa shape index (κ3) is 3.36. The number of nitro benzene ring substituents is 1. The van der Waals surface area contributed by atoms with Crippen molar-refractivity contribution in [3.63, 3.8) is 0 Å². The summed E-state index contributed by atoms with van der Waals surface area (Å²) in [6, 6.07) is 4.32. The molecule has 8 nitrogen and oxygen atoms in total. The van der Waals surface area contributed by atoms with Crippen LogP contribution >= 0.6 is 0 Å². The van der Waals surface area contributed by atoms with Crippen molar-refractivity contribution in [2.45, 2.75) is 31.2 Å². The molecule has 0 spiro atoms. The molecule has 9 heteroatoms. The number of anilines is 1. The van der Waals surface area contributed by atoms with Crippen molar-refractivity contribution in [2.24, 2.45) is 5.92 Å². The van der Waals surface area contributed by atoms with Gasteiger partial charge in [0.15, 0.2) is 0 Å². The summed E-state index contributed by atoms with van der Waals surface area (Å²) in [5.41, 5.74) is 0.337. The quantitative estimate of drug-likeness (QED) is 0.594. The van der Waals surface area contributed by atoms with Gasteiger partial charge in [0.05, 0.1) is 23.8 Å². The van der Waals surface area contributed by atoms with Crippen molar-refractivity contribution in [2.75, 3.05) is 37.7 Å². The molecule has 0 radical (unpaired) electrons. The van der Waals surface area contributed by atoms with Gasteiger partial charge in [-0.1, -0.05) is 6.92 Å². The minimum absolute atomic E-state index is 0.0181. The summed E-state index contributed by atoms with van der Waals surface area (Å²) in [6.45, 7) is 6.12. The number of non-ortho nitro benzene ring substituents is 1. The first-order valence-electron chi connectivity index (χ1n) is 8.45. The second kappa shape index (κ2) is 6.89. The predicted molar refractivity (Wildman–Crippen MR) is 93.3 cm³/mol. The van der Waals surface area contributed by atoms with Crippen molar-refractivity contribution in [1.29, 1.82) is 0 Å². The van der Waals surface area contributed by atoms with Crippen molar-refractivity contribution < 1.29 is 18.1 Å². The molecule has 2 heterocycles. The van der Waals surface area contributed by atoms with Gasteiger partial charge in [-0.25, -0.2) is 8.42 Å². The second-order valence-electron chi connectivity index (χ2n) is 6.63. The van der Waals surface area contributed by atoms with Crippen LogP contribution in [0.5, 0.6) is 0 Å². The largest absolute Gasteiger partial charge is 0.379 e. The van der Waals surface area contributed by atoms with Crippen LogP contribution in [0.2, 0.25) is 0 Å². The van der Waals surface area contributed by atoms with E-state index < -0.39 is 14.9 Å². The van der Waals surface area contributed by atoms with Gasteiger partial charge in [0.1, 0.15) is 4.90 Å². The van der Waals surface area contributed by atoms with Crippen LogP contribution in [-0.2, 0) is 14.8 Å². The van der Waals surface area contributed by atoms with Crippen molar-refractivity contribution in [3.05, 3.63) is 28.3 Å². The molecule has 2 aliphatic heterocycles. The lowest BCUT2D eigenvalue weighted by Crippen LogP contribution is -2.41. The Morgan fingerprint density at radius 3 is 2.44 bits per heavy atom. The molecule has 25 heavy (non-hydrogen) atoms. The number of benzene rings is 1. The number of hydrogen-bond acceptors (Lipinski definition) is 6. The van der Waals surface area contributed by atoms with Crippen LogP contribution in [0.4, 0.5) is 11.4 Å². The standard InChI is InChI=1S/C16H23N3O5S/c1-12-5-6-18(13(12)2)15-4-3-14(19(20)21)11-16(15)25(22,23)17-7-9-24-10-8-17/h3-4,11-13H,5-10H2,1-2H3. The molecular weight excluding hydrogens is 346 g/mol. The smallest absolute Gasteiger partial charge is 0.270 e. The Labute approximate surface area is 147 Å².